The smallest absolute Gasteiger partial charge is 0.136 e. The minimum absolute atomic E-state index is 0.234. The molecule has 0 saturated carbocycles. The van der Waals surface area contributed by atoms with Crippen LogP contribution in [0.2, 0.25) is 0 Å². The summed E-state index contributed by atoms with van der Waals surface area (Å²) in [4.78, 5) is 13.3. The van der Waals surface area contributed by atoms with Gasteiger partial charge >= 0.3 is 0 Å². The summed E-state index contributed by atoms with van der Waals surface area (Å²) >= 11 is 0. The van der Waals surface area contributed by atoms with E-state index >= 15 is 0 Å². The summed E-state index contributed by atoms with van der Waals surface area (Å²) in [7, 11) is 0. The van der Waals surface area contributed by atoms with Gasteiger partial charge in [0, 0.05) is 38.2 Å². The second-order valence-corrected chi connectivity index (χ2v) is 4.37. The molecule has 1 aliphatic heterocycles. The van der Waals surface area contributed by atoms with Crippen LogP contribution in [0.25, 0.3) is 0 Å². The molecule has 92 valence electrons. The maximum absolute atomic E-state index is 11.1. The lowest BCUT2D eigenvalue weighted by Gasteiger charge is -2.28. The first-order chi connectivity index (χ1) is 8.20. The number of aliphatic hydroxyl groups is 1. The molecular weight excluding hydrogens is 216 g/mol. The van der Waals surface area contributed by atoms with Gasteiger partial charge in [0.25, 0.3) is 0 Å². The fraction of sp³-hybridized carbons (Fsp3) is 0.462. The summed E-state index contributed by atoms with van der Waals surface area (Å²) in [5.41, 5.74) is 7.34. The summed E-state index contributed by atoms with van der Waals surface area (Å²) in [5.74, 6) is 0.344. The molecule has 1 atom stereocenters. The van der Waals surface area contributed by atoms with Crippen LogP contribution >= 0.6 is 0 Å². The quantitative estimate of drug-likeness (QED) is 0.813. The number of nitrogens with two attached hydrogens (primary N) is 1. The Bertz CT molecular complexity index is 379. The molecule has 4 heteroatoms. The van der Waals surface area contributed by atoms with Crippen LogP contribution in [0.4, 0.5) is 5.69 Å². The van der Waals surface area contributed by atoms with Gasteiger partial charge in [-0.1, -0.05) is 12.1 Å². The molecule has 1 heterocycles. The van der Waals surface area contributed by atoms with E-state index in [2.05, 4.69) is 4.90 Å². The van der Waals surface area contributed by atoms with E-state index in [1.54, 1.807) is 0 Å². The Kier molecular flexibility index (Phi) is 3.76. The van der Waals surface area contributed by atoms with Gasteiger partial charge in [0.1, 0.15) is 5.78 Å². The molecule has 1 unspecified atom stereocenters. The first-order valence-electron chi connectivity index (χ1n) is 5.95. The van der Waals surface area contributed by atoms with Crippen molar-refractivity contribution >= 4 is 11.5 Å². The lowest BCUT2D eigenvalue weighted by molar-refractivity contribution is -0.119. The van der Waals surface area contributed by atoms with Crippen LogP contribution in [-0.2, 0) is 4.79 Å². The number of carbonyl (C=O) groups is 1. The number of carbonyl (C=O) groups excluding carboxylic acids is 1. The summed E-state index contributed by atoms with van der Waals surface area (Å²) in [6, 6.07) is 7.74. The van der Waals surface area contributed by atoms with Crippen molar-refractivity contribution in [2.75, 3.05) is 24.5 Å². The molecule has 2 rings (SSSR count). The average molecular weight is 234 g/mol. The maximum Gasteiger partial charge on any atom is 0.136 e. The fourth-order valence-electron chi connectivity index (χ4n) is 2.06. The van der Waals surface area contributed by atoms with Crippen LogP contribution in [-0.4, -0.2) is 30.5 Å². The SMILES string of the molecule is NCC(O)c1ccc(N2CCC(=O)CC2)cc1. The molecule has 0 spiro atoms. The normalized spacial score (nSPS) is 18.2. The van der Waals surface area contributed by atoms with E-state index in [0.29, 0.717) is 18.6 Å². The van der Waals surface area contributed by atoms with Gasteiger partial charge in [-0.15, -0.1) is 0 Å². The van der Waals surface area contributed by atoms with E-state index in [-0.39, 0.29) is 6.54 Å². The highest BCUT2D eigenvalue weighted by Gasteiger charge is 2.16. The number of rotatable bonds is 3. The highest BCUT2D eigenvalue weighted by molar-refractivity contribution is 5.81. The first-order valence-corrected chi connectivity index (χ1v) is 5.95. The van der Waals surface area contributed by atoms with E-state index in [1.807, 2.05) is 24.3 Å². The largest absolute Gasteiger partial charge is 0.387 e. The van der Waals surface area contributed by atoms with Crippen molar-refractivity contribution in [1.82, 2.24) is 0 Å². The zero-order valence-corrected chi connectivity index (χ0v) is 9.80. The zero-order chi connectivity index (χ0) is 12.3. The standard InChI is InChI=1S/C13H18N2O2/c14-9-13(17)10-1-3-11(4-2-10)15-7-5-12(16)6-8-15/h1-4,13,17H,5-9,14H2. The van der Waals surface area contributed by atoms with Crippen LogP contribution in [0.3, 0.4) is 0 Å². The van der Waals surface area contributed by atoms with Crippen molar-refractivity contribution in [3.05, 3.63) is 29.8 Å². The number of hydrogen-bond donors (Lipinski definition) is 2. The fourth-order valence-corrected chi connectivity index (χ4v) is 2.06. The van der Waals surface area contributed by atoms with Gasteiger partial charge in [0.15, 0.2) is 0 Å². The van der Waals surface area contributed by atoms with Crippen LogP contribution in [0.15, 0.2) is 24.3 Å². The number of nitrogens with zero attached hydrogens (tertiary/aromatic N) is 1. The second kappa shape index (κ2) is 5.29. The van der Waals surface area contributed by atoms with Crippen molar-refractivity contribution in [3.8, 4) is 0 Å². The van der Waals surface area contributed by atoms with Crippen molar-refractivity contribution in [2.24, 2.45) is 5.73 Å². The minimum Gasteiger partial charge on any atom is -0.387 e. The summed E-state index contributed by atoms with van der Waals surface area (Å²) in [6.07, 6.45) is 0.673. The number of piperidine rings is 1. The van der Waals surface area contributed by atoms with E-state index in [9.17, 15) is 9.90 Å². The molecule has 0 radical (unpaired) electrons. The van der Waals surface area contributed by atoms with Gasteiger partial charge in [-0.2, -0.15) is 0 Å². The van der Waals surface area contributed by atoms with Gasteiger partial charge in [-0.05, 0) is 17.7 Å². The Balaban J connectivity index is 2.05. The van der Waals surface area contributed by atoms with Crippen LogP contribution in [0.1, 0.15) is 24.5 Å². The molecule has 1 saturated heterocycles. The molecule has 0 aromatic heterocycles. The van der Waals surface area contributed by atoms with E-state index in [0.717, 1.165) is 24.3 Å². The maximum atomic E-state index is 11.1. The van der Waals surface area contributed by atoms with Crippen molar-refractivity contribution < 1.29 is 9.90 Å². The minimum atomic E-state index is -0.591. The van der Waals surface area contributed by atoms with Gasteiger partial charge in [0.2, 0.25) is 0 Å². The molecule has 1 fully saturated rings. The predicted molar refractivity (Wildman–Crippen MR) is 66.9 cm³/mol. The van der Waals surface area contributed by atoms with Crippen molar-refractivity contribution in [1.29, 1.82) is 0 Å². The van der Waals surface area contributed by atoms with E-state index < -0.39 is 6.10 Å². The first kappa shape index (κ1) is 12.1. The lowest BCUT2D eigenvalue weighted by atomic mass is 10.1. The molecule has 17 heavy (non-hydrogen) atoms. The molecule has 4 nitrogen and oxygen atoms in total. The number of benzene rings is 1. The molecule has 1 aliphatic rings. The van der Waals surface area contributed by atoms with E-state index in [4.69, 9.17) is 5.73 Å². The van der Waals surface area contributed by atoms with Crippen LogP contribution < -0.4 is 10.6 Å². The monoisotopic (exact) mass is 234 g/mol. The highest BCUT2D eigenvalue weighted by Crippen LogP contribution is 2.21. The molecule has 0 amide bonds. The lowest BCUT2D eigenvalue weighted by Crippen LogP contribution is -2.33. The van der Waals surface area contributed by atoms with Crippen LogP contribution in [0, 0.1) is 0 Å². The molecular formula is C13H18N2O2. The summed E-state index contributed by atoms with van der Waals surface area (Å²) in [6.45, 7) is 1.81. The highest BCUT2D eigenvalue weighted by atomic mass is 16.3. The topological polar surface area (TPSA) is 66.6 Å². The van der Waals surface area contributed by atoms with Gasteiger partial charge < -0.3 is 15.7 Å². The molecule has 1 aromatic carbocycles. The summed E-state index contributed by atoms with van der Waals surface area (Å²) in [5, 5.41) is 9.58. The number of hydrogen-bond acceptors (Lipinski definition) is 4. The Hall–Kier alpha value is -1.39. The van der Waals surface area contributed by atoms with Gasteiger partial charge in [0.05, 0.1) is 6.10 Å². The number of ketones is 1. The third-order valence-electron chi connectivity index (χ3n) is 3.19. The molecule has 0 aliphatic carbocycles. The zero-order valence-electron chi connectivity index (χ0n) is 9.80. The third-order valence-corrected chi connectivity index (χ3v) is 3.19. The third kappa shape index (κ3) is 2.84. The average Bonchev–Trinajstić information content (AvgIpc) is 2.39. The Labute approximate surface area is 101 Å². The van der Waals surface area contributed by atoms with Crippen molar-refractivity contribution in [2.45, 2.75) is 18.9 Å². The number of Topliss-reactive ketones (excluding diaryl/α,β-unsaturated/α-hetero) is 1. The predicted octanol–water partition coefficient (Wildman–Crippen LogP) is 0.848. The van der Waals surface area contributed by atoms with Gasteiger partial charge in [-0.3, -0.25) is 4.79 Å². The number of aliphatic hydroxyl groups excluding tert-OH is 1. The number of anilines is 1. The second-order valence-electron chi connectivity index (χ2n) is 4.37. The van der Waals surface area contributed by atoms with E-state index in [1.165, 1.54) is 0 Å². The Morgan fingerprint density at radius 1 is 1.24 bits per heavy atom. The van der Waals surface area contributed by atoms with Gasteiger partial charge in [-0.25, -0.2) is 0 Å². The van der Waals surface area contributed by atoms with Crippen molar-refractivity contribution in [3.63, 3.8) is 0 Å². The summed E-state index contributed by atoms with van der Waals surface area (Å²) < 4.78 is 0. The molecule has 1 aromatic rings. The molecule has 3 N–H and O–H groups in total. The Morgan fingerprint density at radius 3 is 2.35 bits per heavy atom. The Morgan fingerprint density at radius 2 is 1.82 bits per heavy atom. The molecule has 0 bridgehead atoms. The van der Waals surface area contributed by atoms with Crippen LogP contribution in [0.5, 0.6) is 0 Å².